The molecule has 1 aromatic carbocycles. The van der Waals surface area contributed by atoms with Crippen molar-refractivity contribution in [1.29, 1.82) is 0 Å². The molecule has 2 aromatic rings. The van der Waals surface area contributed by atoms with Gasteiger partial charge < -0.3 is 5.32 Å². The second kappa shape index (κ2) is 4.80. The molecular formula is C12H14BrN3. The van der Waals surface area contributed by atoms with Gasteiger partial charge in [0.15, 0.2) is 0 Å². The largest absolute Gasteiger partial charge is 0.308 e. The van der Waals surface area contributed by atoms with Crippen LogP contribution in [-0.4, -0.2) is 16.8 Å². The smallest absolute Gasteiger partial charge is 0.0757 e. The lowest BCUT2D eigenvalue weighted by Crippen LogP contribution is -2.20. The molecule has 0 fully saturated rings. The molecule has 1 N–H and O–H groups in total. The number of nitrogens with zero attached hydrogens (tertiary/aromatic N) is 2. The summed E-state index contributed by atoms with van der Waals surface area (Å²) in [6.45, 7) is 0. The zero-order chi connectivity index (χ0) is 11.5. The summed E-state index contributed by atoms with van der Waals surface area (Å²) in [7, 11) is 3.91. The van der Waals surface area contributed by atoms with E-state index in [1.165, 1.54) is 5.56 Å². The Labute approximate surface area is 104 Å². The van der Waals surface area contributed by atoms with Gasteiger partial charge in [-0.3, -0.25) is 4.68 Å². The molecule has 0 bridgehead atoms. The van der Waals surface area contributed by atoms with Gasteiger partial charge in [-0.05, 0) is 28.5 Å². The lowest BCUT2D eigenvalue weighted by Gasteiger charge is -2.17. The maximum Gasteiger partial charge on any atom is 0.0757 e. The van der Waals surface area contributed by atoms with Crippen molar-refractivity contribution in [2.75, 3.05) is 7.05 Å². The molecule has 4 heteroatoms. The quantitative estimate of drug-likeness (QED) is 0.936. The molecule has 0 saturated heterocycles. The molecule has 1 heterocycles. The zero-order valence-corrected chi connectivity index (χ0v) is 10.9. The average Bonchev–Trinajstić information content (AvgIpc) is 2.63. The molecule has 1 aromatic heterocycles. The van der Waals surface area contributed by atoms with Gasteiger partial charge in [-0.25, -0.2) is 0 Å². The summed E-state index contributed by atoms with van der Waals surface area (Å²) in [4.78, 5) is 0. The molecule has 84 valence electrons. The second-order valence-corrected chi connectivity index (χ2v) is 4.49. The summed E-state index contributed by atoms with van der Waals surface area (Å²) < 4.78 is 2.91. The Morgan fingerprint density at radius 2 is 2.00 bits per heavy atom. The molecule has 0 spiro atoms. The van der Waals surface area contributed by atoms with Crippen molar-refractivity contribution in [2.24, 2.45) is 7.05 Å². The molecule has 0 aliphatic rings. The van der Waals surface area contributed by atoms with Crippen LogP contribution >= 0.6 is 15.9 Å². The van der Waals surface area contributed by atoms with Gasteiger partial charge >= 0.3 is 0 Å². The van der Waals surface area contributed by atoms with Crippen LogP contribution in [0.4, 0.5) is 0 Å². The van der Waals surface area contributed by atoms with Crippen LogP contribution in [0.2, 0.25) is 0 Å². The molecule has 1 atom stereocenters. The molecule has 0 saturated carbocycles. The summed E-state index contributed by atoms with van der Waals surface area (Å²) in [6.07, 6.45) is 1.82. The normalized spacial score (nSPS) is 12.7. The number of aromatic nitrogens is 2. The fourth-order valence-electron chi connectivity index (χ4n) is 1.85. The van der Waals surface area contributed by atoms with Crippen molar-refractivity contribution in [1.82, 2.24) is 15.1 Å². The van der Waals surface area contributed by atoms with Crippen LogP contribution in [0.3, 0.4) is 0 Å². The molecule has 3 nitrogen and oxygen atoms in total. The summed E-state index contributed by atoms with van der Waals surface area (Å²) in [5.74, 6) is 0. The van der Waals surface area contributed by atoms with Gasteiger partial charge in [-0.2, -0.15) is 5.10 Å². The van der Waals surface area contributed by atoms with E-state index in [0.717, 1.165) is 10.2 Å². The second-order valence-electron chi connectivity index (χ2n) is 3.63. The SMILES string of the molecule is CNC(c1ccccc1)c1c(Br)cnn1C. The Hall–Kier alpha value is -1.13. The first kappa shape index (κ1) is 11.4. The van der Waals surface area contributed by atoms with Crippen molar-refractivity contribution in [2.45, 2.75) is 6.04 Å². The number of aryl methyl sites for hydroxylation is 1. The van der Waals surface area contributed by atoms with Gasteiger partial charge in [0.05, 0.1) is 22.4 Å². The number of hydrogen-bond acceptors (Lipinski definition) is 2. The number of benzene rings is 1. The van der Waals surface area contributed by atoms with Crippen LogP contribution in [0.1, 0.15) is 17.3 Å². The molecule has 0 aliphatic heterocycles. The summed E-state index contributed by atoms with van der Waals surface area (Å²) in [6, 6.07) is 10.5. The minimum absolute atomic E-state index is 0.156. The Morgan fingerprint density at radius 1 is 1.31 bits per heavy atom. The molecule has 0 amide bonds. The Bertz CT molecular complexity index is 445. The topological polar surface area (TPSA) is 29.9 Å². The first-order chi connectivity index (χ1) is 7.74. The van der Waals surface area contributed by atoms with Crippen LogP contribution < -0.4 is 5.32 Å². The van der Waals surface area contributed by atoms with Crippen LogP contribution in [0, 0.1) is 0 Å². The highest BCUT2D eigenvalue weighted by Gasteiger charge is 2.18. The fraction of sp³-hybridized carbons (Fsp3) is 0.250. The first-order valence-corrected chi connectivity index (χ1v) is 5.93. The third kappa shape index (κ3) is 2.03. The van der Waals surface area contributed by atoms with Gasteiger partial charge in [0.2, 0.25) is 0 Å². The molecule has 1 unspecified atom stereocenters. The van der Waals surface area contributed by atoms with Gasteiger partial charge in [-0.1, -0.05) is 30.3 Å². The fourth-order valence-corrected chi connectivity index (χ4v) is 2.43. The molecular weight excluding hydrogens is 266 g/mol. The van der Waals surface area contributed by atoms with Crippen molar-refractivity contribution in [3.05, 3.63) is 52.3 Å². The van der Waals surface area contributed by atoms with Crippen molar-refractivity contribution in [3.8, 4) is 0 Å². The zero-order valence-electron chi connectivity index (χ0n) is 9.31. The van der Waals surface area contributed by atoms with Gasteiger partial charge in [0, 0.05) is 7.05 Å². The van der Waals surface area contributed by atoms with E-state index in [1.807, 2.05) is 43.2 Å². The third-order valence-electron chi connectivity index (χ3n) is 2.63. The third-order valence-corrected chi connectivity index (χ3v) is 3.24. The highest BCUT2D eigenvalue weighted by atomic mass is 79.9. The molecule has 0 aliphatic carbocycles. The summed E-state index contributed by atoms with van der Waals surface area (Å²) in [5, 5.41) is 7.55. The lowest BCUT2D eigenvalue weighted by molar-refractivity contribution is 0.604. The molecule has 2 rings (SSSR count). The maximum atomic E-state index is 4.24. The van der Waals surface area contributed by atoms with E-state index in [2.05, 4.69) is 38.5 Å². The predicted octanol–water partition coefficient (Wildman–Crippen LogP) is 2.49. The molecule has 16 heavy (non-hydrogen) atoms. The molecule has 0 radical (unpaired) electrons. The van der Waals surface area contributed by atoms with Crippen LogP contribution in [0.5, 0.6) is 0 Å². The minimum Gasteiger partial charge on any atom is -0.308 e. The van der Waals surface area contributed by atoms with Gasteiger partial charge in [0.25, 0.3) is 0 Å². The summed E-state index contributed by atoms with van der Waals surface area (Å²) >= 11 is 3.53. The van der Waals surface area contributed by atoms with Gasteiger partial charge in [-0.15, -0.1) is 0 Å². The highest BCUT2D eigenvalue weighted by molar-refractivity contribution is 9.10. The van der Waals surface area contributed by atoms with E-state index in [4.69, 9.17) is 0 Å². The van der Waals surface area contributed by atoms with Crippen molar-refractivity contribution < 1.29 is 0 Å². The summed E-state index contributed by atoms with van der Waals surface area (Å²) in [5.41, 5.74) is 2.36. The lowest BCUT2D eigenvalue weighted by atomic mass is 10.0. The van der Waals surface area contributed by atoms with Crippen LogP contribution in [-0.2, 0) is 7.05 Å². The highest BCUT2D eigenvalue weighted by Crippen LogP contribution is 2.27. The van der Waals surface area contributed by atoms with E-state index in [9.17, 15) is 0 Å². The standard InChI is InChI=1S/C12H14BrN3/c1-14-11(9-6-4-3-5-7-9)12-10(13)8-15-16(12)2/h3-8,11,14H,1-2H3. The number of rotatable bonds is 3. The average molecular weight is 280 g/mol. The van der Waals surface area contributed by atoms with E-state index < -0.39 is 0 Å². The Balaban J connectivity index is 2.45. The van der Waals surface area contributed by atoms with E-state index in [1.54, 1.807) is 0 Å². The predicted molar refractivity (Wildman–Crippen MR) is 68.3 cm³/mol. The number of hydrogen-bond donors (Lipinski definition) is 1. The van der Waals surface area contributed by atoms with E-state index in [0.29, 0.717) is 0 Å². The van der Waals surface area contributed by atoms with Crippen LogP contribution in [0.25, 0.3) is 0 Å². The van der Waals surface area contributed by atoms with Crippen LogP contribution in [0.15, 0.2) is 41.0 Å². The Kier molecular flexibility index (Phi) is 3.41. The minimum atomic E-state index is 0.156. The van der Waals surface area contributed by atoms with Crippen molar-refractivity contribution in [3.63, 3.8) is 0 Å². The van der Waals surface area contributed by atoms with E-state index >= 15 is 0 Å². The Morgan fingerprint density at radius 3 is 2.50 bits per heavy atom. The van der Waals surface area contributed by atoms with Gasteiger partial charge in [0.1, 0.15) is 0 Å². The number of nitrogens with one attached hydrogen (secondary N) is 1. The van der Waals surface area contributed by atoms with E-state index in [-0.39, 0.29) is 6.04 Å². The first-order valence-electron chi connectivity index (χ1n) is 5.13. The monoisotopic (exact) mass is 279 g/mol. The number of halogens is 1. The maximum absolute atomic E-state index is 4.24. The van der Waals surface area contributed by atoms with Crippen molar-refractivity contribution >= 4 is 15.9 Å².